The molecule has 1 rings (SSSR count). The molecule has 1 aliphatic rings. The van der Waals surface area contributed by atoms with E-state index in [1.165, 1.54) is 38.8 Å². The number of nitrogens with zero attached hydrogens (tertiary/aromatic N) is 1. The standard InChI is InChI=1S/C15H30N2/c1-13(2)15(6-9-16)5-4-10-17-11-7-14(3)8-12-17/h7,13,15H,4-6,8-12,16H2,1-3H3. The van der Waals surface area contributed by atoms with E-state index in [4.69, 9.17) is 5.73 Å². The molecule has 0 aromatic carbocycles. The second-order valence-corrected chi connectivity index (χ2v) is 5.82. The Labute approximate surface area is 107 Å². The van der Waals surface area contributed by atoms with Gasteiger partial charge in [-0.2, -0.15) is 0 Å². The van der Waals surface area contributed by atoms with Gasteiger partial charge in [0.1, 0.15) is 0 Å². The fraction of sp³-hybridized carbons (Fsp3) is 0.867. The number of nitrogens with two attached hydrogens (primary N) is 1. The van der Waals surface area contributed by atoms with Crippen LogP contribution < -0.4 is 5.73 Å². The highest BCUT2D eigenvalue weighted by molar-refractivity contribution is 5.03. The molecule has 1 aliphatic heterocycles. The summed E-state index contributed by atoms with van der Waals surface area (Å²) in [5.74, 6) is 1.60. The summed E-state index contributed by atoms with van der Waals surface area (Å²) in [6.07, 6.45) is 7.50. The summed E-state index contributed by atoms with van der Waals surface area (Å²) in [6, 6.07) is 0. The molecule has 1 heterocycles. The Kier molecular flexibility index (Phi) is 6.83. The fourth-order valence-corrected chi connectivity index (χ4v) is 2.62. The molecule has 1 atom stereocenters. The molecule has 100 valence electrons. The smallest absolute Gasteiger partial charge is 0.0165 e. The Morgan fingerprint density at radius 2 is 2.12 bits per heavy atom. The topological polar surface area (TPSA) is 29.3 Å². The molecular formula is C15H30N2. The third kappa shape index (κ3) is 5.69. The van der Waals surface area contributed by atoms with Gasteiger partial charge in [0.2, 0.25) is 0 Å². The van der Waals surface area contributed by atoms with Crippen molar-refractivity contribution >= 4 is 0 Å². The van der Waals surface area contributed by atoms with E-state index < -0.39 is 0 Å². The molecular weight excluding hydrogens is 208 g/mol. The Bertz CT molecular complexity index is 233. The lowest BCUT2D eigenvalue weighted by atomic mass is 9.88. The maximum atomic E-state index is 5.68. The highest BCUT2D eigenvalue weighted by atomic mass is 15.1. The van der Waals surface area contributed by atoms with Gasteiger partial charge in [-0.1, -0.05) is 25.5 Å². The molecule has 17 heavy (non-hydrogen) atoms. The van der Waals surface area contributed by atoms with Crippen molar-refractivity contribution in [2.45, 2.75) is 46.5 Å². The van der Waals surface area contributed by atoms with Crippen LogP contribution in [-0.2, 0) is 0 Å². The van der Waals surface area contributed by atoms with E-state index >= 15 is 0 Å². The SMILES string of the molecule is CC1=CCN(CCCC(CCN)C(C)C)CC1. The molecule has 2 nitrogen and oxygen atoms in total. The van der Waals surface area contributed by atoms with Crippen LogP contribution >= 0.6 is 0 Å². The molecule has 0 aromatic rings. The first-order valence-corrected chi connectivity index (χ1v) is 7.21. The van der Waals surface area contributed by atoms with E-state index in [9.17, 15) is 0 Å². The van der Waals surface area contributed by atoms with Crippen molar-refractivity contribution in [1.29, 1.82) is 0 Å². The van der Waals surface area contributed by atoms with Crippen LogP contribution in [0, 0.1) is 11.8 Å². The van der Waals surface area contributed by atoms with E-state index in [2.05, 4.69) is 31.7 Å². The van der Waals surface area contributed by atoms with Crippen LogP contribution in [0.15, 0.2) is 11.6 Å². The van der Waals surface area contributed by atoms with Crippen molar-refractivity contribution < 1.29 is 0 Å². The summed E-state index contributed by atoms with van der Waals surface area (Å²) >= 11 is 0. The second kappa shape index (κ2) is 7.88. The lowest BCUT2D eigenvalue weighted by Crippen LogP contribution is -2.30. The third-order valence-electron chi connectivity index (χ3n) is 4.05. The van der Waals surface area contributed by atoms with E-state index in [0.717, 1.165) is 24.9 Å². The summed E-state index contributed by atoms with van der Waals surface area (Å²) in [5, 5.41) is 0. The molecule has 0 amide bonds. The molecule has 0 bridgehead atoms. The average molecular weight is 238 g/mol. The summed E-state index contributed by atoms with van der Waals surface area (Å²) < 4.78 is 0. The summed E-state index contributed by atoms with van der Waals surface area (Å²) in [5.41, 5.74) is 7.24. The molecule has 0 saturated carbocycles. The Balaban J connectivity index is 2.18. The molecule has 2 heteroatoms. The zero-order valence-corrected chi connectivity index (χ0v) is 11.9. The minimum atomic E-state index is 0.780. The van der Waals surface area contributed by atoms with Crippen LogP contribution in [0.4, 0.5) is 0 Å². The number of rotatable bonds is 7. The fourth-order valence-electron chi connectivity index (χ4n) is 2.62. The predicted octanol–water partition coefficient (Wildman–Crippen LogP) is 3.04. The van der Waals surface area contributed by atoms with Crippen molar-refractivity contribution in [3.8, 4) is 0 Å². The van der Waals surface area contributed by atoms with Gasteiger partial charge in [0.25, 0.3) is 0 Å². The maximum Gasteiger partial charge on any atom is 0.0165 e. The molecule has 2 N–H and O–H groups in total. The number of hydrogen-bond acceptors (Lipinski definition) is 2. The normalized spacial score (nSPS) is 19.5. The monoisotopic (exact) mass is 238 g/mol. The largest absolute Gasteiger partial charge is 0.330 e. The Morgan fingerprint density at radius 3 is 2.65 bits per heavy atom. The summed E-state index contributed by atoms with van der Waals surface area (Å²) in [4.78, 5) is 2.58. The lowest BCUT2D eigenvalue weighted by Gasteiger charge is -2.26. The van der Waals surface area contributed by atoms with Gasteiger partial charge in [0, 0.05) is 13.1 Å². The summed E-state index contributed by atoms with van der Waals surface area (Å²) in [7, 11) is 0. The van der Waals surface area contributed by atoms with Crippen LogP contribution in [0.2, 0.25) is 0 Å². The van der Waals surface area contributed by atoms with Crippen molar-refractivity contribution in [3.63, 3.8) is 0 Å². The summed E-state index contributed by atoms with van der Waals surface area (Å²) in [6.45, 7) is 11.4. The van der Waals surface area contributed by atoms with Crippen LogP contribution in [-0.4, -0.2) is 31.1 Å². The van der Waals surface area contributed by atoms with Gasteiger partial charge in [0.05, 0.1) is 0 Å². The van der Waals surface area contributed by atoms with Crippen molar-refractivity contribution in [1.82, 2.24) is 4.90 Å². The van der Waals surface area contributed by atoms with Gasteiger partial charge in [-0.3, -0.25) is 4.90 Å². The molecule has 0 aliphatic carbocycles. The van der Waals surface area contributed by atoms with Gasteiger partial charge < -0.3 is 5.73 Å². The van der Waals surface area contributed by atoms with E-state index in [1.54, 1.807) is 5.57 Å². The molecule has 0 radical (unpaired) electrons. The highest BCUT2D eigenvalue weighted by Gasteiger charge is 2.14. The van der Waals surface area contributed by atoms with Crippen molar-refractivity contribution in [3.05, 3.63) is 11.6 Å². The predicted molar refractivity (Wildman–Crippen MR) is 76.0 cm³/mol. The van der Waals surface area contributed by atoms with Gasteiger partial charge in [-0.05, 0) is 57.5 Å². The molecule has 0 saturated heterocycles. The van der Waals surface area contributed by atoms with Crippen molar-refractivity contribution in [2.24, 2.45) is 17.6 Å². The Hall–Kier alpha value is -0.340. The zero-order valence-electron chi connectivity index (χ0n) is 11.9. The maximum absolute atomic E-state index is 5.68. The molecule has 0 fully saturated rings. The first kappa shape index (κ1) is 14.7. The second-order valence-electron chi connectivity index (χ2n) is 5.82. The average Bonchev–Trinajstić information content (AvgIpc) is 2.30. The van der Waals surface area contributed by atoms with E-state index in [0.29, 0.717) is 0 Å². The van der Waals surface area contributed by atoms with Gasteiger partial charge in [0.15, 0.2) is 0 Å². The molecule has 1 unspecified atom stereocenters. The zero-order chi connectivity index (χ0) is 12.7. The molecule has 0 spiro atoms. The quantitative estimate of drug-likeness (QED) is 0.691. The third-order valence-corrected chi connectivity index (χ3v) is 4.05. The van der Waals surface area contributed by atoms with Gasteiger partial charge in [-0.15, -0.1) is 0 Å². The van der Waals surface area contributed by atoms with E-state index in [1.807, 2.05) is 0 Å². The van der Waals surface area contributed by atoms with Crippen LogP contribution in [0.25, 0.3) is 0 Å². The van der Waals surface area contributed by atoms with Crippen LogP contribution in [0.1, 0.15) is 46.5 Å². The molecule has 0 aromatic heterocycles. The highest BCUT2D eigenvalue weighted by Crippen LogP contribution is 2.21. The minimum absolute atomic E-state index is 0.780. The van der Waals surface area contributed by atoms with Crippen LogP contribution in [0.5, 0.6) is 0 Å². The Morgan fingerprint density at radius 1 is 1.35 bits per heavy atom. The minimum Gasteiger partial charge on any atom is -0.330 e. The first-order chi connectivity index (χ1) is 8.13. The van der Waals surface area contributed by atoms with Crippen LogP contribution in [0.3, 0.4) is 0 Å². The van der Waals surface area contributed by atoms with Gasteiger partial charge in [-0.25, -0.2) is 0 Å². The number of hydrogen-bond donors (Lipinski definition) is 1. The van der Waals surface area contributed by atoms with Gasteiger partial charge >= 0.3 is 0 Å². The lowest BCUT2D eigenvalue weighted by molar-refractivity contribution is 0.260. The van der Waals surface area contributed by atoms with E-state index in [-0.39, 0.29) is 0 Å². The van der Waals surface area contributed by atoms with Crippen molar-refractivity contribution in [2.75, 3.05) is 26.2 Å². The first-order valence-electron chi connectivity index (χ1n) is 7.21.